The van der Waals surface area contributed by atoms with Crippen LogP contribution in [0.2, 0.25) is 0 Å². The zero-order valence-corrected chi connectivity index (χ0v) is 31.5. The van der Waals surface area contributed by atoms with E-state index in [-0.39, 0.29) is 5.41 Å². The summed E-state index contributed by atoms with van der Waals surface area (Å²) in [5, 5.41) is 10.2. The van der Waals surface area contributed by atoms with Crippen molar-refractivity contribution in [1.82, 2.24) is 0 Å². The molecule has 1 aliphatic carbocycles. The quantitative estimate of drug-likeness (QED) is 0.161. The molecule has 0 unspecified atom stereocenters. The Kier molecular flexibility index (Phi) is 7.28. The molecule has 10 aromatic rings. The van der Waals surface area contributed by atoms with Crippen molar-refractivity contribution in [2.75, 3.05) is 4.90 Å². The number of rotatable bonds is 5. The molecule has 0 aliphatic heterocycles. The van der Waals surface area contributed by atoms with Crippen LogP contribution in [0.4, 0.5) is 17.1 Å². The Morgan fingerprint density at radius 2 is 0.911 bits per heavy atom. The van der Waals surface area contributed by atoms with E-state index in [0.29, 0.717) is 0 Å². The monoisotopic (exact) mass is 713 g/mol. The molecule has 1 heteroatoms. The van der Waals surface area contributed by atoms with Crippen molar-refractivity contribution in [3.63, 3.8) is 0 Å². The number of hydrogen-bond donors (Lipinski definition) is 0. The summed E-state index contributed by atoms with van der Waals surface area (Å²) in [5.41, 5.74) is 13.6. The van der Waals surface area contributed by atoms with Crippen LogP contribution in [0.1, 0.15) is 25.0 Å². The molecular formula is C55H39N. The smallest absolute Gasteiger partial charge is 0.0467 e. The van der Waals surface area contributed by atoms with Gasteiger partial charge in [0, 0.05) is 22.5 Å². The highest BCUT2D eigenvalue weighted by atomic mass is 15.1. The minimum Gasteiger partial charge on any atom is -0.310 e. The van der Waals surface area contributed by atoms with Gasteiger partial charge in [-0.25, -0.2) is 0 Å². The maximum atomic E-state index is 2.43. The van der Waals surface area contributed by atoms with Gasteiger partial charge in [-0.15, -0.1) is 0 Å². The van der Waals surface area contributed by atoms with Gasteiger partial charge in [-0.3, -0.25) is 0 Å². The summed E-state index contributed by atoms with van der Waals surface area (Å²) in [4.78, 5) is 2.43. The standard InChI is InChI=1S/C55H39N/c1-55(2)52-23-8-7-20-49(52)50-33-30-43(35-53(50)55)56(42-17-9-16-40(34-42)46-21-10-14-36-12-3-5-18-44(36)46)41-28-24-38(25-29-41)47-22-11-15-39-27-31-48-45-19-6-4-13-37(45)26-32-51(48)54(39)47/h3-35H,1-2H3. The lowest BCUT2D eigenvalue weighted by Gasteiger charge is -2.28. The minimum atomic E-state index is -0.106. The van der Waals surface area contributed by atoms with Gasteiger partial charge in [-0.1, -0.05) is 178 Å². The Morgan fingerprint density at radius 1 is 0.321 bits per heavy atom. The molecule has 0 aromatic heterocycles. The predicted octanol–water partition coefficient (Wildman–Crippen LogP) is 15.4. The lowest BCUT2D eigenvalue weighted by Crippen LogP contribution is -2.16. The molecule has 0 fully saturated rings. The zero-order valence-electron chi connectivity index (χ0n) is 31.5. The average Bonchev–Trinajstić information content (AvgIpc) is 3.48. The van der Waals surface area contributed by atoms with Crippen molar-refractivity contribution >= 4 is 60.2 Å². The molecule has 264 valence electrons. The molecule has 1 aliphatic rings. The largest absolute Gasteiger partial charge is 0.310 e. The second-order valence-electron chi connectivity index (χ2n) is 15.7. The Bertz CT molecular complexity index is 3160. The molecule has 1 nitrogen and oxygen atoms in total. The van der Waals surface area contributed by atoms with E-state index in [1.54, 1.807) is 0 Å². The molecule has 0 bridgehead atoms. The van der Waals surface area contributed by atoms with Crippen molar-refractivity contribution in [2.45, 2.75) is 19.3 Å². The van der Waals surface area contributed by atoms with E-state index in [2.05, 4.69) is 219 Å². The van der Waals surface area contributed by atoms with Gasteiger partial charge in [0.2, 0.25) is 0 Å². The van der Waals surface area contributed by atoms with E-state index >= 15 is 0 Å². The summed E-state index contributed by atoms with van der Waals surface area (Å²) in [5.74, 6) is 0. The molecule has 11 rings (SSSR count). The zero-order chi connectivity index (χ0) is 37.4. The second kappa shape index (κ2) is 12.5. The van der Waals surface area contributed by atoms with Crippen molar-refractivity contribution in [3.05, 3.63) is 211 Å². The first kappa shape index (κ1) is 32.5. The molecule has 0 radical (unpaired) electrons. The van der Waals surface area contributed by atoms with Gasteiger partial charge in [0.05, 0.1) is 0 Å². The van der Waals surface area contributed by atoms with Crippen LogP contribution in [0.5, 0.6) is 0 Å². The third-order valence-electron chi connectivity index (χ3n) is 12.2. The predicted molar refractivity (Wildman–Crippen MR) is 240 cm³/mol. The third-order valence-corrected chi connectivity index (χ3v) is 12.2. The number of hydrogen-bond acceptors (Lipinski definition) is 1. The van der Waals surface area contributed by atoms with Crippen LogP contribution in [-0.4, -0.2) is 0 Å². The lowest BCUT2D eigenvalue weighted by atomic mass is 9.82. The molecule has 0 saturated heterocycles. The molecule has 10 aromatic carbocycles. The van der Waals surface area contributed by atoms with Crippen LogP contribution in [0.25, 0.3) is 76.5 Å². The fraction of sp³-hybridized carbons (Fsp3) is 0.0545. The van der Waals surface area contributed by atoms with Crippen molar-refractivity contribution in [1.29, 1.82) is 0 Å². The van der Waals surface area contributed by atoms with Gasteiger partial charge in [0.1, 0.15) is 0 Å². The van der Waals surface area contributed by atoms with E-state index < -0.39 is 0 Å². The summed E-state index contributed by atoms with van der Waals surface area (Å²) in [6, 6.07) is 74.0. The number of fused-ring (bicyclic) bond motifs is 9. The molecule has 0 spiro atoms. The molecule has 0 saturated carbocycles. The average molecular weight is 714 g/mol. The van der Waals surface area contributed by atoms with Gasteiger partial charge in [-0.05, 0) is 124 Å². The Morgan fingerprint density at radius 3 is 1.77 bits per heavy atom. The highest BCUT2D eigenvalue weighted by Gasteiger charge is 2.35. The Balaban J connectivity index is 1.08. The molecule has 0 atom stereocenters. The van der Waals surface area contributed by atoms with Crippen LogP contribution in [0, 0.1) is 0 Å². The van der Waals surface area contributed by atoms with E-state index in [9.17, 15) is 0 Å². The number of benzene rings is 10. The van der Waals surface area contributed by atoms with E-state index in [0.717, 1.165) is 17.1 Å². The van der Waals surface area contributed by atoms with Crippen molar-refractivity contribution < 1.29 is 0 Å². The Labute approximate surface area is 327 Å². The summed E-state index contributed by atoms with van der Waals surface area (Å²) in [6.45, 7) is 4.72. The van der Waals surface area contributed by atoms with Crippen LogP contribution >= 0.6 is 0 Å². The summed E-state index contributed by atoms with van der Waals surface area (Å²) in [6.07, 6.45) is 0. The van der Waals surface area contributed by atoms with E-state index in [1.807, 2.05) is 0 Å². The topological polar surface area (TPSA) is 3.24 Å². The first-order valence-corrected chi connectivity index (χ1v) is 19.6. The minimum absolute atomic E-state index is 0.106. The first-order chi connectivity index (χ1) is 27.5. The van der Waals surface area contributed by atoms with Gasteiger partial charge in [0.15, 0.2) is 0 Å². The molecule has 56 heavy (non-hydrogen) atoms. The normalized spacial score (nSPS) is 13.0. The second-order valence-corrected chi connectivity index (χ2v) is 15.7. The van der Waals surface area contributed by atoms with Gasteiger partial charge >= 0.3 is 0 Å². The summed E-state index contributed by atoms with van der Waals surface area (Å²) >= 11 is 0. The van der Waals surface area contributed by atoms with Crippen LogP contribution < -0.4 is 4.90 Å². The number of anilines is 3. The van der Waals surface area contributed by atoms with Gasteiger partial charge in [-0.2, -0.15) is 0 Å². The Hall–Kier alpha value is -6.96. The van der Waals surface area contributed by atoms with Crippen LogP contribution in [0.15, 0.2) is 200 Å². The fourth-order valence-corrected chi connectivity index (χ4v) is 9.47. The third kappa shape index (κ3) is 5.01. The summed E-state index contributed by atoms with van der Waals surface area (Å²) in [7, 11) is 0. The number of nitrogens with zero attached hydrogens (tertiary/aromatic N) is 1. The van der Waals surface area contributed by atoms with Crippen LogP contribution in [-0.2, 0) is 5.41 Å². The maximum Gasteiger partial charge on any atom is 0.0467 e. The fourth-order valence-electron chi connectivity index (χ4n) is 9.47. The van der Waals surface area contributed by atoms with E-state index in [1.165, 1.54) is 87.6 Å². The SMILES string of the molecule is CC1(C)c2ccccc2-c2ccc(N(c3ccc(-c4cccc5ccc6c7ccccc7ccc6c45)cc3)c3cccc(-c4cccc5ccccc45)c3)cc21. The van der Waals surface area contributed by atoms with Crippen molar-refractivity contribution in [2.24, 2.45) is 0 Å². The maximum absolute atomic E-state index is 2.43. The van der Waals surface area contributed by atoms with Gasteiger partial charge in [0.25, 0.3) is 0 Å². The molecular weight excluding hydrogens is 675 g/mol. The summed E-state index contributed by atoms with van der Waals surface area (Å²) < 4.78 is 0. The molecule has 0 heterocycles. The highest BCUT2D eigenvalue weighted by molar-refractivity contribution is 6.21. The first-order valence-electron chi connectivity index (χ1n) is 19.6. The van der Waals surface area contributed by atoms with Crippen molar-refractivity contribution in [3.8, 4) is 33.4 Å². The molecule has 0 N–H and O–H groups in total. The van der Waals surface area contributed by atoms with Gasteiger partial charge < -0.3 is 4.90 Å². The van der Waals surface area contributed by atoms with Crippen LogP contribution in [0.3, 0.4) is 0 Å². The van der Waals surface area contributed by atoms with E-state index in [4.69, 9.17) is 0 Å². The highest BCUT2D eigenvalue weighted by Crippen LogP contribution is 2.51. The molecule has 0 amide bonds. The lowest BCUT2D eigenvalue weighted by molar-refractivity contribution is 0.660.